The molecule has 2 heterocycles. The van der Waals surface area contributed by atoms with Crippen LogP contribution in [0.15, 0.2) is 47.6 Å². The summed E-state index contributed by atoms with van der Waals surface area (Å²) in [6.45, 7) is 4.90. The third-order valence-corrected chi connectivity index (χ3v) is 6.20. The van der Waals surface area contributed by atoms with E-state index in [1.165, 1.54) is 18.2 Å². The summed E-state index contributed by atoms with van der Waals surface area (Å²) in [7, 11) is 0. The molecule has 4 rings (SSSR count). The lowest BCUT2D eigenvalue weighted by molar-refractivity contribution is -0.129. The van der Waals surface area contributed by atoms with E-state index in [0.29, 0.717) is 12.4 Å². The van der Waals surface area contributed by atoms with E-state index in [9.17, 15) is 4.79 Å². The summed E-state index contributed by atoms with van der Waals surface area (Å²) in [5.41, 5.74) is 0. The Hall–Kier alpha value is -2.54. The van der Waals surface area contributed by atoms with Crippen LogP contribution in [0.4, 0.5) is 0 Å². The van der Waals surface area contributed by atoms with Crippen molar-refractivity contribution in [2.24, 2.45) is 0 Å². The minimum Gasteiger partial charge on any atom is -0.485 e. The van der Waals surface area contributed by atoms with Crippen molar-refractivity contribution in [3.8, 4) is 5.75 Å². The lowest BCUT2D eigenvalue weighted by Crippen LogP contribution is -2.36. The fraction of sp³-hybridized carbons (Fsp3) is 0.409. The number of carbonyl (C=O) groups is 1. The van der Waals surface area contributed by atoms with Gasteiger partial charge in [0.1, 0.15) is 12.4 Å². The Morgan fingerprint density at radius 1 is 1.07 bits per heavy atom. The molecule has 7 heteroatoms. The van der Waals surface area contributed by atoms with Gasteiger partial charge >= 0.3 is 0 Å². The molecule has 1 aromatic heterocycles. The molecule has 29 heavy (non-hydrogen) atoms. The Morgan fingerprint density at radius 3 is 2.69 bits per heavy atom. The van der Waals surface area contributed by atoms with E-state index in [-0.39, 0.29) is 5.91 Å². The summed E-state index contributed by atoms with van der Waals surface area (Å²) in [4.78, 5) is 14.4. The normalized spacial score (nSPS) is 14.3. The first-order chi connectivity index (χ1) is 14.3. The molecule has 3 aromatic rings. The molecule has 1 aliphatic heterocycles. The van der Waals surface area contributed by atoms with E-state index in [2.05, 4.69) is 35.3 Å². The second-order valence-electron chi connectivity index (χ2n) is 7.14. The number of piperidine rings is 1. The summed E-state index contributed by atoms with van der Waals surface area (Å²) in [6.07, 6.45) is 3.44. The molecular weight excluding hydrogens is 384 g/mol. The molecule has 0 aliphatic carbocycles. The number of benzene rings is 2. The standard InChI is InChI=1S/C22H26N4O2S/c1-2-26-20(15-28-19-12-8-10-17-9-4-5-11-18(17)19)23-24-22(26)29-16-21(27)25-13-6-3-7-14-25/h4-5,8-12H,2-3,6-7,13-16H2,1H3. The first-order valence-corrected chi connectivity index (χ1v) is 11.2. The van der Waals surface area contributed by atoms with Crippen LogP contribution >= 0.6 is 11.8 Å². The van der Waals surface area contributed by atoms with Gasteiger partial charge in [0.15, 0.2) is 11.0 Å². The maximum Gasteiger partial charge on any atom is 0.233 e. The number of carbonyl (C=O) groups excluding carboxylic acids is 1. The zero-order chi connectivity index (χ0) is 20.1. The summed E-state index contributed by atoms with van der Waals surface area (Å²) in [5, 5.41) is 11.6. The third-order valence-electron chi connectivity index (χ3n) is 5.25. The smallest absolute Gasteiger partial charge is 0.233 e. The number of amides is 1. The molecule has 0 atom stereocenters. The molecule has 6 nitrogen and oxygen atoms in total. The number of thioether (sulfide) groups is 1. The Kier molecular flexibility index (Phi) is 6.34. The van der Waals surface area contributed by atoms with Gasteiger partial charge in [-0.1, -0.05) is 48.2 Å². The number of nitrogens with zero attached hydrogens (tertiary/aromatic N) is 4. The van der Waals surface area contributed by atoms with Crippen LogP contribution in [0, 0.1) is 0 Å². The van der Waals surface area contributed by atoms with Gasteiger partial charge < -0.3 is 14.2 Å². The molecule has 1 amide bonds. The zero-order valence-electron chi connectivity index (χ0n) is 16.7. The fourth-order valence-electron chi connectivity index (χ4n) is 3.67. The lowest BCUT2D eigenvalue weighted by Gasteiger charge is -2.26. The summed E-state index contributed by atoms with van der Waals surface area (Å²) in [6, 6.07) is 14.2. The summed E-state index contributed by atoms with van der Waals surface area (Å²) in [5.74, 6) is 2.20. The van der Waals surface area contributed by atoms with Crippen molar-refractivity contribution in [3.63, 3.8) is 0 Å². The zero-order valence-corrected chi connectivity index (χ0v) is 17.5. The number of rotatable bonds is 7. The second kappa shape index (κ2) is 9.31. The van der Waals surface area contributed by atoms with Gasteiger partial charge in [-0.15, -0.1) is 10.2 Å². The Labute approximate surface area is 175 Å². The van der Waals surface area contributed by atoms with Crippen molar-refractivity contribution in [2.75, 3.05) is 18.8 Å². The van der Waals surface area contributed by atoms with Crippen molar-refractivity contribution < 1.29 is 9.53 Å². The van der Waals surface area contributed by atoms with Gasteiger partial charge in [0.2, 0.25) is 5.91 Å². The highest BCUT2D eigenvalue weighted by Crippen LogP contribution is 2.26. The van der Waals surface area contributed by atoms with Gasteiger partial charge in [0, 0.05) is 25.0 Å². The number of aromatic nitrogens is 3. The predicted octanol–water partition coefficient (Wildman–Crippen LogP) is 4.13. The Morgan fingerprint density at radius 2 is 1.86 bits per heavy atom. The molecule has 0 radical (unpaired) electrons. The quantitative estimate of drug-likeness (QED) is 0.548. The number of hydrogen-bond acceptors (Lipinski definition) is 5. The van der Waals surface area contributed by atoms with Crippen LogP contribution in [0.5, 0.6) is 5.75 Å². The average Bonchev–Trinajstić information content (AvgIpc) is 3.18. The average molecular weight is 411 g/mol. The van der Waals surface area contributed by atoms with E-state index in [1.807, 2.05) is 33.7 Å². The highest BCUT2D eigenvalue weighted by atomic mass is 32.2. The first-order valence-electron chi connectivity index (χ1n) is 10.2. The minimum absolute atomic E-state index is 0.189. The summed E-state index contributed by atoms with van der Waals surface area (Å²) >= 11 is 1.46. The maximum atomic E-state index is 12.4. The van der Waals surface area contributed by atoms with Crippen LogP contribution in [-0.4, -0.2) is 44.4 Å². The number of hydrogen-bond donors (Lipinski definition) is 0. The van der Waals surface area contributed by atoms with E-state index >= 15 is 0 Å². The van der Waals surface area contributed by atoms with E-state index in [0.717, 1.165) is 60.0 Å². The molecule has 0 saturated carbocycles. The number of likely N-dealkylation sites (tertiary alicyclic amines) is 1. The molecule has 1 aliphatic rings. The third kappa shape index (κ3) is 4.56. The predicted molar refractivity (Wildman–Crippen MR) is 115 cm³/mol. The van der Waals surface area contributed by atoms with E-state index < -0.39 is 0 Å². The minimum atomic E-state index is 0.189. The highest BCUT2D eigenvalue weighted by molar-refractivity contribution is 7.99. The molecule has 2 aromatic carbocycles. The van der Waals surface area contributed by atoms with Gasteiger partial charge in [0.25, 0.3) is 0 Å². The topological polar surface area (TPSA) is 60.2 Å². The lowest BCUT2D eigenvalue weighted by atomic mass is 10.1. The molecule has 0 spiro atoms. The number of ether oxygens (including phenoxy) is 1. The molecule has 0 unspecified atom stereocenters. The second-order valence-corrected chi connectivity index (χ2v) is 8.08. The Balaban J connectivity index is 1.41. The molecule has 152 valence electrons. The SMILES string of the molecule is CCn1c(COc2cccc3ccccc23)nnc1SCC(=O)N1CCCCC1. The van der Waals surface area contributed by atoms with Crippen molar-refractivity contribution >= 4 is 28.4 Å². The van der Waals surface area contributed by atoms with E-state index in [1.54, 1.807) is 0 Å². The van der Waals surface area contributed by atoms with Gasteiger partial charge in [0.05, 0.1) is 5.75 Å². The van der Waals surface area contributed by atoms with Crippen molar-refractivity contribution in [1.82, 2.24) is 19.7 Å². The van der Waals surface area contributed by atoms with Crippen LogP contribution in [0.3, 0.4) is 0 Å². The molecule has 0 bridgehead atoms. The van der Waals surface area contributed by atoms with E-state index in [4.69, 9.17) is 4.74 Å². The molecular formula is C22H26N4O2S. The molecule has 1 fully saturated rings. The largest absolute Gasteiger partial charge is 0.485 e. The molecule has 0 N–H and O–H groups in total. The Bertz CT molecular complexity index is 977. The van der Waals surface area contributed by atoms with Crippen LogP contribution in [0.25, 0.3) is 10.8 Å². The van der Waals surface area contributed by atoms with Gasteiger partial charge in [-0.25, -0.2) is 0 Å². The van der Waals surface area contributed by atoms with Crippen LogP contribution in [0.2, 0.25) is 0 Å². The van der Waals surface area contributed by atoms with Crippen molar-refractivity contribution in [2.45, 2.75) is 44.5 Å². The van der Waals surface area contributed by atoms with Gasteiger partial charge in [-0.05, 0) is 37.6 Å². The fourth-order valence-corrected chi connectivity index (χ4v) is 4.60. The monoisotopic (exact) mass is 410 g/mol. The van der Waals surface area contributed by atoms with Gasteiger partial charge in [-0.2, -0.15) is 0 Å². The first kappa shape index (κ1) is 19.8. The van der Waals surface area contributed by atoms with Gasteiger partial charge in [-0.3, -0.25) is 4.79 Å². The van der Waals surface area contributed by atoms with Crippen LogP contribution in [-0.2, 0) is 17.9 Å². The van der Waals surface area contributed by atoms with Crippen LogP contribution < -0.4 is 4.74 Å². The maximum absolute atomic E-state index is 12.4. The van der Waals surface area contributed by atoms with Crippen molar-refractivity contribution in [1.29, 1.82) is 0 Å². The van der Waals surface area contributed by atoms with Crippen LogP contribution in [0.1, 0.15) is 32.0 Å². The number of fused-ring (bicyclic) bond motifs is 1. The molecule has 1 saturated heterocycles. The van der Waals surface area contributed by atoms with Crippen molar-refractivity contribution in [3.05, 3.63) is 48.3 Å². The highest BCUT2D eigenvalue weighted by Gasteiger charge is 2.19. The summed E-state index contributed by atoms with van der Waals surface area (Å²) < 4.78 is 8.10.